The second-order valence-electron chi connectivity index (χ2n) is 4.28. The summed E-state index contributed by atoms with van der Waals surface area (Å²) in [5, 5.41) is 13.5. The molecule has 0 saturated carbocycles. The van der Waals surface area contributed by atoms with Gasteiger partial charge in [-0.3, -0.25) is 4.79 Å². The number of aromatic nitrogens is 2. The summed E-state index contributed by atoms with van der Waals surface area (Å²) in [6, 6.07) is 8.80. The molecule has 2 heterocycles. The van der Waals surface area contributed by atoms with Crippen LogP contribution in [0.3, 0.4) is 0 Å². The van der Waals surface area contributed by atoms with Crippen LogP contribution in [0.1, 0.15) is 0 Å². The Hall–Kier alpha value is -1.54. The lowest BCUT2D eigenvalue weighted by atomic mass is 10.3. The number of anilines is 1. The zero-order valence-corrected chi connectivity index (χ0v) is 14.6. The van der Waals surface area contributed by atoms with Crippen LogP contribution in [-0.4, -0.2) is 21.9 Å². The molecule has 0 spiro atoms. The Balaban J connectivity index is 1.59. The third kappa shape index (κ3) is 4.06. The van der Waals surface area contributed by atoms with Gasteiger partial charge < -0.3 is 9.73 Å². The number of thiophene rings is 1. The van der Waals surface area contributed by atoms with E-state index >= 15 is 0 Å². The molecule has 1 aromatic carbocycles. The molecule has 0 unspecified atom stereocenters. The number of benzene rings is 1. The third-order valence-electron chi connectivity index (χ3n) is 2.69. The van der Waals surface area contributed by atoms with Crippen LogP contribution in [0.25, 0.3) is 10.8 Å². The SMILES string of the molecule is O=C(CSc1nnc(-c2cccs2)o1)Nc1c(Cl)cccc1Cl. The molecule has 3 rings (SSSR count). The summed E-state index contributed by atoms with van der Waals surface area (Å²) in [4.78, 5) is 12.9. The minimum Gasteiger partial charge on any atom is -0.410 e. The molecular formula is C14H9Cl2N3O2S2. The van der Waals surface area contributed by atoms with Gasteiger partial charge in [-0.1, -0.05) is 47.1 Å². The van der Waals surface area contributed by atoms with E-state index in [1.807, 2.05) is 17.5 Å². The Labute approximate surface area is 150 Å². The molecule has 3 aromatic rings. The third-order valence-corrected chi connectivity index (χ3v) is 5.00. The molecule has 9 heteroatoms. The monoisotopic (exact) mass is 385 g/mol. The van der Waals surface area contributed by atoms with Crippen molar-refractivity contribution < 1.29 is 9.21 Å². The van der Waals surface area contributed by atoms with Gasteiger partial charge in [0.2, 0.25) is 5.91 Å². The fourth-order valence-corrected chi connectivity index (χ4v) is 3.39. The summed E-state index contributed by atoms with van der Waals surface area (Å²) in [5.41, 5.74) is 0.395. The predicted molar refractivity (Wildman–Crippen MR) is 93.4 cm³/mol. The maximum atomic E-state index is 12.0. The first-order valence-electron chi connectivity index (χ1n) is 6.37. The van der Waals surface area contributed by atoms with Crippen LogP contribution in [-0.2, 0) is 4.79 Å². The van der Waals surface area contributed by atoms with Crippen LogP contribution >= 0.6 is 46.3 Å². The van der Waals surface area contributed by atoms with Crippen molar-refractivity contribution in [1.29, 1.82) is 0 Å². The molecule has 1 N–H and O–H groups in total. The van der Waals surface area contributed by atoms with Gasteiger partial charge in [0.05, 0.1) is 26.4 Å². The van der Waals surface area contributed by atoms with Gasteiger partial charge in [0.25, 0.3) is 11.1 Å². The normalized spacial score (nSPS) is 10.7. The quantitative estimate of drug-likeness (QED) is 0.636. The Morgan fingerprint density at radius 2 is 2.00 bits per heavy atom. The number of carbonyl (C=O) groups excluding carboxylic acids is 1. The Bertz CT molecular complexity index is 801. The van der Waals surface area contributed by atoms with E-state index in [0.717, 1.165) is 16.6 Å². The molecule has 0 aliphatic carbocycles. The van der Waals surface area contributed by atoms with Gasteiger partial charge in [0.15, 0.2) is 0 Å². The Kier molecular flexibility index (Phi) is 5.22. The Morgan fingerprint density at radius 3 is 2.70 bits per heavy atom. The highest BCUT2D eigenvalue weighted by molar-refractivity contribution is 7.99. The van der Waals surface area contributed by atoms with E-state index in [4.69, 9.17) is 27.6 Å². The van der Waals surface area contributed by atoms with E-state index in [2.05, 4.69) is 15.5 Å². The van der Waals surface area contributed by atoms with Crippen LogP contribution in [0.5, 0.6) is 0 Å². The van der Waals surface area contributed by atoms with E-state index in [1.165, 1.54) is 11.3 Å². The van der Waals surface area contributed by atoms with Crippen LogP contribution in [0.2, 0.25) is 10.0 Å². The van der Waals surface area contributed by atoms with Crippen molar-refractivity contribution in [3.63, 3.8) is 0 Å². The first kappa shape index (κ1) is 16.3. The van der Waals surface area contributed by atoms with Gasteiger partial charge in [-0.05, 0) is 23.6 Å². The van der Waals surface area contributed by atoms with Gasteiger partial charge in [-0.2, -0.15) is 0 Å². The summed E-state index contributed by atoms with van der Waals surface area (Å²) < 4.78 is 5.50. The summed E-state index contributed by atoms with van der Waals surface area (Å²) in [6.07, 6.45) is 0. The lowest BCUT2D eigenvalue weighted by Crippen LogP contribution is -2.14. The standard InChI is InChI=1S/C14H9Cl2N3O2S2/c15-8-3-1-4-9(16)12(8)17-11(20)7-23-14-19-18-13(21-14)10-5-2-6-22-10/h1-6H,7H2,(H,17,20). The van der Waals surface area contributed by atoms with Crippen molar-refractivity contribution in [2.45, 2.75) is 5.22 Å². The van der Waals surface area contributed by atoms with E-state index in [1.54, 1.807) is 18.2 Å². The van der Waals surface area contributed by atoms with E-state index in [0.29, 0.717) is 26.8 Å². The number of hydrogen-bond donors (Lipinski definition) is 1. The second-order valence-corrected chi connectivity index (χ2v) is 6.97. The van der Waals surface area contributed by atoms with Crippen molar-refractivity contribution >= 4 is 57.9 Å². The number of hydrogen-bond acceptors (Lipinski definition) is 6. The fraction of sp³-hybridized carbons (Fsp3) is 0.0714. The number of nitrogens with zero attached hydrogens (tertiary/aromatic N) is 2. The molecule has 0 saturated heterocycles. The molecule has 23 heavy (non-hydrogen) atoms. The fourth-order valence-electron chi connectivity index (χ4n) is 1.69. The largest absolute Gasteiger partial charge is 0.410 e. The van der Waals surface area contributed by atoms with E-state index in [9.17, 15) is 4.79 Å². The number of para-hydroxylation sites is 1. The predicted octanol–water partition coefficient (Wildman–Crippen LogP) is 4.84. The molecule has 0 radical (unpaired) electrons. The summed E-state index contributed by atoms with van der Waals surface area (Å²) in [5.74, 6) is 0.283. The lowest BCUT2D eigenvalue weighted by Gasteiger charge is -2.07. The smallest absolute Gasteiger partial charge is 0.277 e. The van der Waals surface area contributed by atoms with Crippen molar-refractivity contribution in [2.24, 2.45) is 0 Å². The molecule has 0 aliphatic rings. The molecule has 0 fully saturated rings. The maximum absolute atomic E-state index is 12.0. The van der Waals surface area contributed by atoms with Gasteiger partial charge in [0, 0.05) is 0 Å². The average Bonchev–Trinajstić information content (AvgIpc) is 3.19. The summed E-state index contributed by atoms with van der Waals surface area (Å²) >= 11 is 14.7. The molecule has 0 aliphatic heterocycles. The van der Waals surface area contributed by atoms with Crippen molar-refractivity contribution in [2.75, 3.05) is 11.1 Å². The first-order chi connectivity index (χ1) is 11.1. The van der Waals surface area contributed by atoms with Crippen LogP contribution < -0.4 is 5.32 Å². The van der Waals surface area contributed by atoms with Crippen LogP contribution in [0.4, 0.5) is 5.69 Å². The topological polar surface area (TPSA) is 68.0 Å². The number of nitrogens with one attached hydrogen (secondary N) is 1. The number of amides is 1. The summed E-state index contributed by atoms with van der Waals surface area (Å²) in [6.45, 7) is 0. The minimum absolute atomic E-state index is 0.105. The van der Waals surface area contributed by atoms with Gasteiger partial charge in [-0.15, -0.1) is 21.5 Å². The first-order valence-corrected chi connectivity index (χ1v) is 8.99. The molecule has 2 aromatic heterocycles. The highest BCUT2D eigenvalue weighted by atomic mass is 35.5. The van der Waals surface area contributed by atoms with Crippen LogP contribution in [0.15, 0.2) is 45.4 Å². The number of halogens is 2. The van der Waals surface area contributed by atoms with Crippen molar-refractivity contribution in [3.05, 3.63) is 45.8 Å². The number of rotatable bonds is 5. The second kappa shape index (κ2) is 7.35. The highest BCUT2D eigenvalue weighted by Gasteiger charge is 2.13. The maximum Gasteiger partial charge on any atom is 0.277 e. The van der Waals surface area contributed by atoms with Crippen molar-refractivity contribution in [3.8, 4) is 10.8 Å². The van der Waals surface area contributed by atoms with E-state index < -0.39 is 0 Å². The molecular weight excluding hydrogens is 377 g/mol. The van der Waals surface area contributed by atoms with Crippen molar-refractivity contribution in [1.82, 2.24) is 10.2 Å². The summed E-state index contributed by atoms with van der Waals surface area (Å²) in [7, 11) is 0. The molecule has 0 atom stereocenters. The molecule has 5 nitrogen and oxygen atoms in total. The average molecular weight is 386 g/mol. The zero-order chi connectivity index (χ0) is 16.2. The van der Waals surface area contributed by atoms with Gasteiger partial charge >= 0.3 is 0 Å². The molecule has 118 valence electrons. The zero-order valence-electron chi connectivity index (χ0n) is 11.5. The Morgan fingerprint density at radius 1 is 1.22 bits per heavy atom. The van der Waals surface area contributed by atoms with Gasteiger partial charge in [-0.25, -0.2) is 0 Å². The van der Waals surface area contributed by atoms with E-state index in [-0.39, 0.29) is 11.7 Å². The van der Waals surface area contributed by atoms with Gasteiger partial charge in [0.1, 0.15) is 0 Å². The number of thioether (sulfide) groups is 1. The lowest BCUT2D eigenvalue weighted by molar-refractivity contribution is -0.113. The molecule has 1 amide bonds. The highest BCUT2D eigenvalue weighted by Crippen LogP contribution is 2.30. The minimum atomic E-state index is -0.263. The molecule has 0 bridgehead atoms. The number of carbonyl (C=O) groups is 1. The van der Waals surface area contributed by atoms with Crippen LogP contribution in [0, 0.1) is 0 Å².